The van der Waals surface area contributed by atoms with Crippen molar-refractivity contribution >= 4 is 31.5 Å². The largest absolute Gasteiger partial charge is 0.135 e. The SMILES string of the molecule is [2H]c1c([2H])c([2H])c(-c2cccc3sc4ccc(-c5cc(C(C)(C)C)cc(C(C)(C)C)c5)c(C)c4c23)c([2H])c1[2H]. The van der Waals surface area contributed by atoms with Crippen LogP contribution in [0.4, 0.5) is 0 Å². The molecule has 1 heteroatoms. The highest BCUT2D eigenvalue weighted by Crippen LogP contribution is 2.44. The lowest BCUT2D eigenvalue weighted by molar-refractivity contribution is 0.569. The molecule has 0 N–H and O–H groups in total. The highest BCUT2D eigenvalue weighted by Gasteiger charge is 2.22. The summed E-state index contributed by atoms with van der Waals surface area (Å²) in [4.78, 5) is 0. The topological polar surface area (TPSA) is 0 Å². The molecule has 0 bridgehead atoms. The molecule has 34 heavy (non-hydrogen) atoms. The lowest BCUT2D eigenvalue weighted by Crippen LogP contribution is -2.16. The summed E-state index contributed by atoms with van der Waals surface area (Å²) in [6, 6.07) is 15.8. The van der Waals surface area contributed by atoms with Gasteiger partial charge in [-0.3, -0.25) is 0 Å². The van der Waals surface area contributed by atoms with Crippen LogP contribution in [0.25, 0.3) is 42.4 Å². The molecule has 0 fully saturated rings. The van der Waals surface area contributed by atoms with E-state index in [-0.39, 0.29) is 46.6 Å². The lowest BCUT2D eigenvalue weighted by Gasteiger charge is -2.26. The van der Waals surface area contributed by atoms with Gasteiger partial charge in [0.25, 0.3) is 0 Å². The zero-order valence-corrected chi connectivity index (χ0v) is 21.8. The van der Waals surface area contributed by atoms with Crippen LogP contribution >= 0.6 is 11.3 Å². The fraction of sp³-hybridized carbons (Fsp3) is 0.273. The monoisotopic (exact) mass is 467 g/mol. The van der Waals surface area contributed by atoms with Crippen molar-refractivity contribution in [1.29, 1.82) is 0 Å². The number of hydrogen-bond donors (Lipinski definition) is 0. The fourth-order valence-electron chi connectivity index (χ4n) is 4.63. The molecule has 0 unspecified atom stereocenters. The molecule has 5 aromatic rings. The van der Waals surface area contributed by atoms with Crippen molar-refractivity contribution in [1.82, 2.24) is 0 Å². The van der Waals surface area contributed by atoms with E-state index in [1.165, 1.54) is 16.7 Å². The van der Waals surface area contributed by atoms with E-state index in [1.54, 1.807) is 11.3 Å². The molecule has 172 valence electrons. The van der Waals surface area contributed by atoms with Gasteiger partial charge in [0.1, 0.15) is 0 Å². The Morgan fingerprint density at radius 3 is 1.88 bits per heavy atom. The standard InChI is InChI=1S/C33H34S/c1-21-26(23-18-24(32(2,3)4)20-25(19-23)33(5,6)7)16-17-29-30(21)31-27(14-11-15-28(31)34-29)22-12-9-8-10-13-22/h8-20H,1-7H3/i8D,9D,10D,12D,13D. The minimum absolute atomic E-state index is 0.00272. The normalized spacial score (nSPS) is 14.6. The van der Waals surface area contributed by atoms with Gasteiger partial charge in [-0.15, -0.1) is 11.3 Å². The van der Waals surface area contributed by atoms with Gasteiger partial charge < -0.3 is 0 Å². The summed E-state index contributed by atoms with van der Waals surface area (Å²) in [7, 11) is 0. The van der Waals surface area contributed by atoms with Crippen molar-refractivity contribution in [3.63, 3.8) is 0 Å². The Kier molecular flexibility index (Phi) is 4.17. The van der Waals surface area contributed by atoms with Crippen LogP contribution in [0.1, 0.15) is 65.1 Å². The quantitative estimate of drug-likeness (QED) is 0.242. The van der Waals surface area contributed by atoms with E-state index in [0.29, 0.717) is 5.56 Å². The summed E-state index contributed by atoms with van der Waals surface area (Å²) < 4.78 is 44.0. The Hall–Kier alpha value is -2.90. The van der Waals surface area contributed by atoms with Crippen LogP contribution in [0.2, 0.25) is 0 Å². The van der Waals surface area contributed by atoms with Crippen molar-refractivity contribution in [3.8, 4) is 22.3 Å². The van der Waals surface area contributed by atoms with Crippen molar-refractivity contribution in [2.45, 2.75) is 59.3 Å². The minimum Gasteiger partial charge on any atom is -0.135 e. The number of rotatable bonds is 2. The third-order valence-corrected chi connectivity index (χ3v) is 7.79. The van der Waals surface area contributed by atoms with E-state index in [1.807, 2.05) is 12.1 Å². The van der Waals surface area contributed by atoms with E-state index in [9.17, 15) is 0 Å². The summed E-state index contributed by atoms with van der Waals surface area (Å²) in [6.45, 7) is 15.6. The van der Waals surface area contributed by atoms with Gasteiger partial charge in [-0.2, -0.15) is 0 Å². The second kappa shape index (κ2) is 8.10. The van der Waals surface area contributed by atoms with Gasteiger partial charge in [-0.05, 0) is 68.8 Å². The van der Waals surface area contributed by atoms with Crippen LogP contribution in [-0.4, -0.2) is 0 Å². The molecule has 5 rings (SSSR count). The highest BCUT2D eigenvalue weighted by molar-refractivity contribution is 7.26. The first-order chi connectivity index (χ1) is 18.1. The van der Waals surface area contributed by atoms with E-state index in [0.717, 1.165) is 31.3 Å². The van der Waals surface area contributed by atoms with Crippen molar-refractivity contribution in [2.24, 2.45) is 0 Å². The van der Waals surface area contributed by atoms with Gasteiger partial charge in [-0.25, -0.2) is 0 Å². The number of fused-ring (bicyclic) bond motifs is 3. The lowest BCUT2D eigenvalue weighted by atomic mass is 9.78. The van der Waals surface area contributed by atoms with Gasteiger partial charge in [0, 0.05) is 20.2 Å². The van der Waals surface area contributed by atoms with E-state index in [2.05, 4.69) is 84.9 Å². The van der Waals surface area contributed by atoms with E-state index >= 15 is 0 Å². The molecule has 4 aromatic carbocycles. The summed E-state index contributed by atoms with van der Waals surface area (Å²) in [5, 5.41) is 2.02. The highest BCUT2D eigenvalue weighted by atomic mass is 32.1. The fourth-order valence-corrected chi connectivity index (χ4v) is 5.82. The molecular formula is C33H34S. The molecule has 0 spiro atoms. The second-order valence-corrected chi connectivity index (χ2v) is 12.3. The van der Waals surface area contributed by atoms with Gasteiger partial charge in [0.05, 0.1) is 6.85 Å². The van der Waals surface area contributed by atoms with Crippen LogP contribution < -0.4 is 0 Å². The summed E-state index contributed by atoms with van der Waals surface area (Å²) in [5.74, 6) is 0. The van der Waals surface area contributed by atoms with Crippen LogP contribution in [0.15, 0.2) is 78.7 Å². The molecule has 0 atom stereocenters. The molecule has 0 amide bonds. The van der Waals surface area contributed by atoms with Gasteiger partial charge in [-0.1, -0.05) is 108 Å². The van der Waals surface area contributed by atoms with Crippen LogP contribution in [0.3, 0.4) is 0 Å². The van der Waals surface area contributed by atoms with Crippen LogP contribution in [0, 0.1) is 6.92 Å². The molecule has 1 heterocycles. The first-order valence-corrected chi connectivity index (χ1v) is 12.6. The Balaban J connectivity index is 1.87. The molecule has 0 nitrogen and oxygen atoms in total. The summed E-state index contributed by atoms with van der Waals surface area (Å²) >= 11 is 1.67. The number of hydrogen-bond acceptors (Lipinski definition) is 1. The van der Waals surface area contributed by atoms with Gasteiger partial charge >= 0.3 is 0 Å². The predicted octanol–water partition coefficient (Wildman–Crippen LogP) is 10.3. The summed E-state index contributed by atoms with van der Waals surface area (Å²) in [5.41, 5.74) is 6.95. The Labute approximate surface area is 215 Å². The first-order valence-electron chi connectivity index (χ1n) is 14.3. The van der Waals surface area contributed by atoms with Crippen molar-refractivity contribution in [3.05, 3.63) is 95.4 Å². The molecule has 0 saturated carbocycles. The zero-order chi connectivity index (χ0) is 28.6. The second-order valence-electron chi connectivity index (χ2n) is 11.2. The Morgan fingerprint density at radius 1 is 0.647 bits per heavy atom. The number of benzene rings is 4. The molecule has 0 aliphatic carbocycles. The minimum atomic E-state index is -0.372. The maximum atomic E-state index is 8.63. The third-order valence-electron chi connectivity index (χ3n) is 6.67. The predicted molar refractivity (Wildman–Crippen MR) is 152 cm³/mol. The first kappa shape index (κ1) is 17.5. The smallest absolute Gasteiger partial charge is 0.0629 e. The number of thiophene rings is 1. The van der Waals surface area contributed by atoms with Crippen molar-refractivity contribution < 1.29 is 6.85 Å². The Bertz CT molecular complexity index is 1720. The summed E-state index contributed by atoms with van der Waals surface area (Å²) in [6.07, 6.45) is 0. The maximum absolute atomic E-state index is 8.63. The Morgan fingerprint density at radius 2 is 1.26 bits per heavy atom. The van der Waals surface area contributed by atoms with Gasteiger partial charge in [0.2, 0.25) is 0 Å². The molecule has 0 saturated heterocycles. The number of aryl methyl sites for hydroxylation is 1. The van der Waals surface area contributed by atoms with E-state index < -0.39 is 0 Å². The molecule has 0 radical (unpaired) electrons. The van der Waals surface area contributed by atoms with Gasteiger partial charge in [0.15, 0.2) is 0 Å². The van der Waals surface area contributed by atoms with Crippen LogP contribution in [0.5, 0.6) is 0 Å². The van der Waals surface area contributed by atoms with Crippen molar-refractivity contribution in [2.75, 3.05) is 0 Å². The average Bonchev–Trinajstić information content (AvgIpc) is 3.25. The molecular weight excluding hydrogens is 428 g/mol. The molecule has 1 aromatic heterocycles. The van der Waals surface area contributed by atoms with Crippen LogP contribution in [-0.2, 0) is 10.8 Å². The molecule has 0 aliphatic rings. The molecule has 0 aliphatic heterocycles. The third kappa shape index (κ3) is 3.97. The van der Waals surface area contributed by atoms with E-state index in [4.69, 9.17) is 6.85 Å². The zero-order valence-electron chi connectivity index (χ0n) is 26.0. The average molecular weight is 468 g/mol. The maximum Gasteiger partial charge on any atom is 0.0629 e.